The molecule has 10 heteroatoms. The number of hydrogen-bond donors (Lipinski definition) is 2. The molecule has 0 amide bonds. The van der Waals surface area contributed by atoms with Crippen molar-refractivity contribution in [2.45, 2.75) is 63.0 Å². The normalized spacial score (nSPS) is 12.2. The number of nitrogens with two attached hydrogens (primary N) is 1. The van der Waals surface area contributed by atoms with Crippen molar-refractivity contribution in [1.82, 2.24) is 0 Å². The Morgan fingerprint density at radius 2 is 1.63 bits per heavy atom. The first-order valence-corrected chi connectivity index (χ1v) is 10.4. The van der Waals surface area contributed by atoms with Gasteiger partial charge in [-0.3, -0.25) is 18.9 Å². The number of carbonyl (C=O) groups is 3. The van der Waals surface area contributed by atoms with Crippen molar-refractivity contribution >= 4 is 28.0 Å². The topological polar surface area (TPSA) is 150 Å². The number of allylic oxidation sites excluding steroid dienone is 1. The Labute approximate surface area is 160 Å². The van der Waals surface area contributed by atoms with Crippen LogP contribution in [0.1, 0.15) is 57.8 Å². The molecule has 0 rings (SSSR count). The molecule has 156 valence electrons. The quantitative estimate of drug-likeness (QED) is 0.135. The van der Waals surface area contributed by atoms with Gasteiger partial charge in [-0.1, -0.05) is 31.8 Å². The second kappa shape index (κ2) is 14.3. The van der Waals surface area contributed by atoms with Crippen LogP contribution in [0.3, 0.4) is 0 Å². The molecule has 1 unspecified atom stereocenters. The van der Waals surface area contributed by atoms with Gasteiger partial charge < -0.3 is 15.2 Å². The SMILES string of the molecule is C=CCCCCCCCCC(=O)OC(=O)CC(C(=O)OCCN)S(=O)(=O)O. The molecule has 0 saturated carbocycles. The van der Waals surface area contributed by atoms with Crippen LogP contribution in [0.15, 0.2) is 12.7 Å². The largest absolute Gasteiger partial charge is 0.463 e. The summed E-state index contributed by atoms with van der Waals surface area (Å²) in [6, 6.07) is 0. The summed E-state index contributed by atoms with van der Waals surface area (Å²) in [5.41, 5.74) is 5.12. The average Bonchev–Trinajstić information content (AvgIpc) is 2.58. The molecule has 0 saturated heterocycles. The maximum absolute atomic E-state index is 11.7. The van der Waals surface area contributed by atoms with Crippen molar-refractivity contribution in [2.24, 2.45) is 5.73 Å². The molecule has 0 aromatic rings. The van der Waals surface area contributed by atoms with Gasteiger partial charge in [-0.05, 0) is 19.3 Å². The van der Waals surface area contributed by atoms with Crippen molar-refractivity contribution in [1.29, 1.82) is 0 Å². The number of rotatable bonds is 15. The van der Waals surface area contributed by atoms with E-state index in [9.17, 15) is 22.8 Å². The van der Waals surface area contributed by atoms with Gasteiger partial charge in [-0.25, -0.2) is 0 Å². The molecule has 0 aromatic heterocycles. The van der Waals surface area contributed by atoms with Crippen LogP contribution in [-0.4, -0.2) is 49.3 Å². The van der Waals surface area contributed by atoms with E-state index in [0.717, 1.165) is 38.5 Å². The number of hydrogen-bond acceptors (Lipinski definition) is 8. The molecule has 0 aromatic carbocycles. The van der Waals surface area contributed by atoms with Crippen LogP contribution < -0.4 is 5.73 Å². The smallest absolute Gasteiger partial charge is 0.327 e. The summed E-state index contributed by atoms with van der Waals surface area (Å²) in [5, 5.41) is -2.15. The Bertz CT molecular complexity index is 588. The van der Waals surface area contributed by atoms with E-state index in [2.05, 4.69) is 16.1 Å². The molecule has 0 heterocycles. The highest BCUT2D eigenvalue weighted by atomic mass is 32.2. The summed E-state index contributed by atoms with van der Waals surface area (Å²) < 4.78 is 40.5. The molecular formula is C17H29NO8S. The second-order valence-electron chi connectivity index (χ2n) is 5.96. The number of unbranched alkanes of at least 4 members (excludes halogenated alkanes) is 6. The molecule has 1 atom stereocenters. The van der Waals surface area contributed by atoms with E-state index < -0.39 is 39.7 Å². The Morgan fingerprint density at radius 1 is 1.04 bits per heavy atom. The van der Waals surface area contributed by atoms with E-state index in [1.807, 2.05) is 6.08 Å². The van der Waals surface area contributed by atoms with Gasteiger partial charge in [-0.2, -0.15) is 8.42 Å². The van der Waals surface area contributed by atoms with Gasteiger partial charge in [0.05, 0.1) is 6.42 Å². The van der Waals surface area contributed by atoms with Gasteiger partial charge in [0.25, 0.3) is 10.1 Å². The molecule has 0 fully saturated rings. The van der Waals surface area contributed by atoms with Crippen LogP contribution in [0.5, 0.6) is 0 Å². The number of esters is 3. The van der Waals surface area contributed by atoms with Crippen molar-refractivity contribution in [3.8, 4) is 0 Å². The predicted molar refractivity (Wildman–Crippen MR) is 98.2 cm³/mol. The number of carbonyl (C=O) groups excluding carboxylic acids is 3. The zero-order valence-electron chi connectivity index (χ0n) is 15.4. The van der Waals surface area contributed by atoms with Crippen LogP contribution in [-0.2, 0) is 34.0 Å². The first-order valence-electron chi connectivity index (χ1n) is 8.89. The van der Waals surface area contributed by atoms with Crippen molar-refractivity contribution in [3.05, 3.63) is 12.7 Å². The maximum atomic E-state index is 11.7. The van der Waals surface area contributed by atoms with Gasteiger partial charge in [0, 0.05) is 13.0 Å². The lowest BCUT2D eigenvalue weighted by molar-refractivity contribution is -0.161. The molecule has 0 aliphatic heterocycles. The van der Waals surface area contributed by atoms with Crippen LogP contribution in [0.2, 0.25) is 0 Å². The molecule has 27 heavy (non-hydrogen) atoms. The Morgan fingerprint density at radius 3 is 2.19 bits per heavy atom. The first-order chi connectivity index (χ1) is 12.7. The van der Waals surface area contributed by atoms with Gasteiger partial charge in [-0.15, -0.1) is 6.58 Å². The van der Waals surface area contributed by atoms with E-state index in [0.29, 0.717) is 6.42 Å². The van der Waals surface area contributed by atoms with E-state index in [1.165, 1.54) is 0 Å². The van der Waals surface area contributed by atoms with Crippen LogP contribution in [0.25, 0.3) is 0 Å². The third-order valence-corrected chi connectivity index (χ3v) is 4.68. The third-order valence-electron chi connectivity index (χ3n) is 3.60. The lowest BCUT2D eigenvalue weighted by Gasteiger charge is -2.12. The summed E-state index contributed by atoms with van der Waals surface area (Å²) in [5.74, 6) is -3.36. The van der Waals surface area contributed by atoms with Crippen LogP contribution >= 0.6 is 0 Å². The van der Waals surface area contributed by atoms with Crippen LogP contribution in [0, 0.1) is 0 Å². The molecule has 0 aliphatic carbocycles. The highest BCUT2D eigenvalue weighted by molar-refractivity contribution is 7.87. The number of ether oxygens (including phenoxy) is 2. The Kier molecular flexibility index (Phi) is 13.4. The highest BCUT2D eigenvalue weighted by Gasteiger charge is 2.36. The van der Waals surface area contributed by atoms with E-state index in [1.54, 1.807) is 0 Å². The standard InChI is InChI=1S/C17H29NO8S/c1-2-3-4-5-6-7-8-9-10-15(19)26-16(20)13-14(27(22,23)24)17(21)25-12-11-18/h2,14H,1,3-13,18H2,(H,22,23,24). The maximum Gasteiger partial charge on any atom is 0.327 e. The fraction of sp³-hybridized carbons (Fsp3) is 0.706. The molecular weight excluding hydrogens is 378 g/mol. The fourth-order valence-electron chi connectivity index (χ4n) is 2.20. The first kappa shape index (κ1) is 25.2. The minimum Gasteiger partial charge on any atom is -0.463 e. The zero-order valence-corrected chi connectivity index (χ0v) is 16.2. The highest BCUT2D eigenvalue weighted by Crippen LogP contribution is 2.11. The molecule has 9 nitrogen and oxygen atoms in total. The summed E-state index contributed by atoms with van der Waals surface area (Å²) >= 11 is 0. The summed E-state index contributed by atoms with van der Waals surface area (Å²) in [6.45, 7) is 3.32. The van der Waals surface area contributed by atoms with Crippen molar-refractivity contribution < 1.29 is 36.8 Å². The third kappa shape index (κ3) is 13.1. The predicted octanol–water partition coefficient (Wildman–Crippen LogP) is 1.51. The van der Waals surface area contributed by atoms with E-state index in [-0.39, 0.29) is 19.6 Å². The van der Waals surface area contributed by atoms with Gasteiger partial charge in [0.1, 0.15) is 6.61 Å². The Balaban J connectivity index is 4.20. The zero-order chi connectivity index (χ0) is 20.7. The monoisotopic (exact) mass is 407 g/mol. The summed E-state index contributed by atoms with van der Waals surface area (Å²) in [6.07, 6.45) is 7.36. The van der Waals surface area contributed by atoms with Gasteiger partial charge in [0.15, 0.2) is 5.25 Å². The fourth-order valence-corrected chi connectivity index (χ4v) is 2.86. The average molecular weight is 407 g/mol. The second-order valence-corrected chi connectivity index (χ2v) is 7.56. The lowest BCUT2D eigenvalue weighted by atomic mass is 10.1. The molecule has 0 spiro atoms. The van der Waals surface area contributed by atoms with Gasteiger partial charge >= 0.3 is 17.9 Å². The lowest BCUT2D eigenvalue weighted by Crippen LogP contribution is -2.35. The summed E-state index contributed by atoms with van der Waals surface area (Å²) in [4.78, 5) is 34.9. The van der Waals surface area contributed by atoms with Crippen LogP contribution in [0.4, 0.5) is 0 Å². The minimum atomic E-state index is -4.89. The minimum absolute atomic E-state index is 0.00651. The Hall–Kier alpha value is -1.78. The van der Waals surface area contributed by atoms with Crippen molar-refractivity contribution in [3.63, 3.8) is 0 Å². The van der Waals surface area contributed by atoms with E-state index >= 15 is 0 Å². The van der Waals surface area contributed by atoms with E-state index in [4.69, 9.17) is 10.3 Å². The van der Waals surface area contributed by atoms with Crippen molar-refractivity contribution in [2.75, 3.05) is 13.2 Å². The molecule has 0 aliphatic rings. The summed E-state index contributed by atoms with van der Waals surface area (Å²) in [7, 11) is -4.89. The molecule has 3 N–H and O–H groups in total. The molecule has 0 radical (unpaired) electrons. The molecule has 0 bridgehead atoms. The van der Waals surface area contributed by atoms with Gasteiger partial charge in [0.2, 0.25) is 0 Å².